The maximum absolute atomic E-state index is 14.0. The van der Waals surface area contributed by atoms with Gasteiger partial charge >= 0.3 is 0 Å². The lowest BCUT2D eigenvalue weighted by Crippen LogP contribution is -2.34. The molecule has 1 N–H and O–H groups in total. The number of amides is 1. The highest BCUT2D eigenvalue weighted by molar-refractivity contribution is 5.94. The van der Waals surface area contributed by atoms with Gasteiger partial charge < -0.3 is 14.6 Å². The number of carbonyl (C=O) groups is 1. The van der Waals surface area contributed by atoms with Crippen LogP contribution in [0.3, 0.4) is 0 Å². The number of nitrogens with zero attached hydrogens (tertiary/aromatic N) is 2. The Labute approximate surface area is 162 Å². The lowest BCUT2D eigenvalue weighted by Gasteiger charge is -2.27. The topological polar surface area (TPSA) is 67.6 Å². The molecule has 0 spiro atoms. The first kappa shape index (κ1) is 19.6. The Morgan fingerprint density at radius 3 is 2.61 bits per heavy atom. The van der Waals surface area contributed by atoms with Crippen molar-refractivity contribution in [3.05, 3.63) is 77.3 Å². The average Bonchev–Trinajstić information content (AvgIpc) is 3.07. The van der Waals surface area contributed by atoms with E-state index in [2.05, 4.69) is 10.5 Å². The molecular weight excluding hydrogens is 361 g/mol. The van der Waals surface area contributed by atoms with Crippen LogP contribution in [0.25, 0.3) is 0 Å². The molecule has 1 heterocycles. The molecule has 6 nitrogen and oxygen atoms in total. The summed E-state index contributed by atoms with van der Waals surface area (Å²) in [6, 6.07) is 15.2. The van der Waals surface area contributed by atoms with Gasteiger partial charge in [-0.2, -0.15) is 0 Å². The second kappa shape index (κ2) is 8.67. The zero-order chi connectivity index (χ0) is 20.1. The summed E-state index contributed by atoms with van der Waals surface area (Å²) in [5.74, 6) is 0.453. The molecule has 0 saturated carbocycles. The number of rotatable bonds is 7. The second-order valence-corrected chi connectivity index (χ2v) is 6.51. The monoisotopic (exact) mass is 383 g/mol. The highest BCUT2D eigenvalue weighted by atomic mass is 19.1. The van der Waals surface area contributed by atoms with Gasteiger partial charge in [0.1, 0.15) is 11.8 Å². The number of nitrogens with one attached hydrogen (secondary N) is 1. The highest BCUT2D eigenvalue weighted by Crippen LogP contribution is 2.25. The predicted octanol–water partition coefficient (Wildman–Crippen LogP) is 3.94. The Morgan fingerprint density at radius 2 is 2.00 bits per heavy atom. The van der Waals surface area contributed by atoms with Gasteiger partial charge in [-0.25, -0.2) is 4.39 Å². The van der Waals surface area contributed by atoms with Gasteiger partial charge in [0.05, 0.1) is 7.11 Å². The second-order valence-electron chi connectivity index (χ2n) is 6.51. The summed E-state index contributed by atoms with van der Waals surface area (Å²) in [6.07, 6.45) is 0. The van der Waals surface area contributed by atoms with Gasteiger partial charge in [0, 0.05) is 12.6 Å². The number of hydrogen-bond acceptors (Lipinski definition) is 5. The van der Waals surface area contributed by atoms with E-state index in [4.69, 9.17) is 9.26 Å². The SMILES string of the molecule is COc1ccc(CN(C)C(C(=O)Nc2cc(C)on2)c2ccccc2)cc1F. The molecule has 1 unspecified atom stereocenters. The molecule has 0 radical (unpaired) electrons. The molecule has 0 aliphatic rings. The largest absolute Gasteiger partial charge is 0.494 e. The zero-order valence-corrected chi connectivity index (χ0v) is 16.0. The van der Waals surface area contributed by atoms with E-state index in [-0.39, 0.29) is 11.7 Å². The van der Waals surface area contributed by atoms with Crippen molar-refractivity contribution in [1.82, 2.24) is 10.1 Å². The van der Waals surface area contributed by atoms with Gasteiger partial charge in [-0.15, -0.1) is 0 Å². The van der Waals surface area contributed by atoms with Crippen LogP contribution in [0.4, 0.5) is 10.2 Å². The first-order valence-corrected chi connectivity index (χ1v) is 8.79. The molecule has 2 aromatic carbocycles. The molecule has 0 aliphatic heterocycles. The summed E-state index contributed by atoms with van der Waals surface area (Å²) >= 11 is 0. The third-order valence-electron chi connectivity index (χ3n) is 4.33. The summed E-state index contributed by atoms with van der Waals surface area (Å²) < 4.78 is 24.0. The van der Waals surface area contributed by atoms with Gasteiger partial charge in [0.2, 0.25) is 5.91 Å². The normalized spacial score (nSPS) is 12.0. The van der Waals surface area contributed by atoms with Gasteiger partial charge in [0.25, 0.3) is 0 Å². The Kier molecular flexibility index (Phi) is 6.06. The van der Waals surface area contributed by atoms with Crippen LogP contribution in [0.1, 0.15) is 22.9 Å². The van der Waals surface area contributed by atoms with Crippen molar-refractivity contribution in [2.45, 2.75) is 19.5 Å². The first-order chi connectivity index (χ1) is 13.5. The fourth-order valence-corrected chi connectivity index (χ4v) is 3.05. The van der Waals surface area contributed by atoms with E-state index in [1.165, 1.54) is 13.2 Å². The molecule has 1 atom stereocenters. The van der Waals surface area contributed by atoms with Crippen molar-refractivity contribution in [1.29, 1.82) is 0 Å². The standard InChI is InChI=1S/C21H22FN3O3/c1-14-11-19(24-28-14)23-21(26)20(16-7-5-4-6-8-16)25(2)13-15-9-10-18(27-3)17(22)12-15/h4-12,20H,13H2,1-3H3,(H,23,24,26). The van der Waals surface area contributed by atoms with Crippen LogP contribution in [0.2, 0.25) is 0 Å². The van der Waals surface area contributed by atoms with Crippen molar-refractivity contribution in [2.75, 3.05) is 19.5 Å². The molecule has 7 heteroatoms. The number of ether oxygens (including phenoxy) is 1. The number of methoxy groups -OCH3 is 1. The summed E-state index contributed by atoms with van der Waals surface area (Å²) in [5.41, 5.74) is 1.54. The Balaban J connectivity index is 1.83. The van der Waals surface area contributed by atoms with Crippen LogP contribution in [0.5, 0.6) is 5.75 Å². The minimum Gasteiger partial charge on any atom is -0.494 e. The van der Waals surface area contributed by atoms with Crippen LogP contribution in [-0.2, 0) is 11.3 Å². The quantitative estimate of drug-likeness (QED) is 0.669. The van der Waals surface area contributed by atoms with Crippen LogP contribution < -0.4 is 10.1 Å². The summed E-state index contributed by atoms with van der Waals surface area (Å²) in [6.45, 7) is 2.12. The Bertz CT molecular complexity index is 943. The smallest absolute Gasteiger partial charge is 0.247 e. The fourth-order valence-electron chi connectivity index (χ4n) is 3.05. The molecule has 146 valence electrons. The van der Waals surface area contributed by atoms with Gasteiger partial charge in [-0.3, -0.25) is 9.69 Å². The first-order valence-electron chi connectivity index (χ1n) is 8.79. The molecule has 1 aromatic heterocycles. The lowest BCUT2D eigenvalue weighted by atomic mass is 10.0. The lowest BCUT2D eigenvalue weighted by molar-refractivity contribution is -0.121. The maximum atomic E-state index is 14.0. The predicted molar refractivity (Wildman–Crippen MR) is 103 cm³/mol. The molecule has 0 fully saturated rings. The number of carbonyl (C=O) groups excluding carboxylic acids is 1. The number of aryl methyl sites for hydroxylation is 1. The number of halogens is 1. The van der Waals surface area contributed by atoms with Crippen LogP contribution >= 0.6 is 0 Å². The van der Waals surface area contributed by atoms with Crippen molar-refractivity contribution in [2.24, 2.45) is 0 Å². The van der Waals surface area contributed by atoms with Gasteiger partial charge in [-0.05, 0) is 37.2 Å². The number of hydrogen-bond donors (Lipinski definition) is 1. The third kappa shape index (κ3) is 4.55. The Hall–Kier alpha value is -3.19. The van der Waals surface area contributed by atoms with E-state index < -0.39 is 11.9 Å². The van der Waals surface area contributed by atoms with Crippen molar-refractivity contribution >= 4 is 11.7 Å². The number of likely N-dealkylation sites (N-methyl/N-ethyl adjacent to an activating group) is 1. The van der Waals surface area contributed by atoms with E-state index in [0.717, 1.165) is 11.1 Å². The fraction of sp³-hybridized carbons (Fsp3) is 0.238. The molecule has 3 aromatic rings. The van der Waals surface area contributed by atoms with E-state index in [9.17, 15) is 9.18 Å². The van der Waals surface area contributed by atoms with E-state index in [1.54, 1.807) is 25.1 Å². The summed E-state index contributed by atoms with van der Waals surface area (Å²) in [4.78, 5) is 14.8. The highest BCUT2D eigenvalue weighted by Gasteiger charge is 2.26. The van der Waals surface area contributed by atoms with Crippen molar-refractivity contribution in [3.8, 4) is 5.75 Å². The maximum Gasteiger partial charge on any atom is 0.247 e. The summed E-state index contributed by atoms with van der Waals surface area (Å²) in [5, 5.41) is 6.59. The molecule has 0 bridgehead atoms. The Morgan fingerprint density at radius 1 is 1.25 bits per heavy atom. The van der Waals surface area contributed by atoms with Crippen molar-refractivity contribution < 1.29 is 18.4 Å². The third-order valence-corrected chi connectivity index (χ3v) is 4.33. The molecule has 0 saturated heterocycles. The van der Waals surface area contributed by atoms with Gasteiger partial charge in [0.15, 0.2) is 17.4 Å². The van der Waals surface area contributed by atoms with E-state index in [1.807, 2.05) is 42.3 Å². The average molecular weight is 383 g/mol. The molecule has 1 amide bonds. The minimum atomic E-state index is -0.594. The number of aromatic nitrogens is 1. The van der Waals surface area contributed by atoms with E-state index in [0.29, 0.717) is 18.1 Å². The number of anilines is 1. The number of benzene rings is 2. The van der Waals surface area contributed by atoms with Gasteiger partial charge in [-0.1, -0.05) is 41.6 Å². The molecule has 28 heavy (non-hydrogen) atoms. The van der Waals surface area contributed by atoms with Crippen LogP contribution in [0, 0.1) is 12.7 Å². The molecule has 0 aliphatic carbocycles. The van der Waals surface area contributed by atoms with Crippen LogP contribution in [-0.4, -0.2) is 30.1 Å². The van der Waals surface area contributed by atoms with Crippen LogP contribution in [0.15, 0.2) is 59.1 Å². The van der Waals surface area contributed by atoms with Crippen molar-refractivity contribution in [3.63, 3.8) is 0 Å². The zero-order valence-electron chi connectivity index (χ0n) is 16.0. The summed E-state index contributed by atoms with van der Waals surface area (Å²) in [7, 11) is 3.24. The molecular formula is C21H22FN3O3. The minimum absolute atomic E-state index is 0.185. The van der Waals surface area contributed by atoms with E-state index >= 15 is 0 Å². The molecule has 3 rings (SSSR count).